The van der Waals surface area contributed by atoms with Crippen molar-refractivity contribution in [3.05, 3.63) is 48.3 Å². The molecular formula is C15H19N7O2. The van der Waals surface area contributed by atoms with Crippen molar-refractivity contribution in [3.8, 4) is 0 Å². The second-order valence-electron chi connectivity index (χ2n) is 5.24. The molecule has 24 heavy (non-hydrogen) atoms. The van der Waals surface area contributed by atoms with E-state index in [1.165, 1.54) is 0 Å². The zero-order valence-electron chi connectivity index (χ0n) is 13.6. The first-order valence-corrected chi connectivity index (χ1v) is 7.55. The number of hydrogen-bond donors (Lipinski definition) is 1. The first-order chi connectivity index (χ1) is 11.7. The highest BCUT2D eigenvalue weighted by Gasteiger charge is 2.11. The van der Waals surface area contributed by atoms with E-state index in [0.29, 0.717) is 24.7 Å². The summed E-state index contributed by atoms with van der Waals surface area (Å²) in [6.45, 7) is 3.76. The molecule has 126 valence electrons. The van der Waals surface area contributed by atoms with E-state index < -0.39 is 0 Å². The smallest absolute Gasteiger partial charge is 0.276 e. The van der Waals surface area contributed by atoms with Gasteiger partial charge in [0.1, 0.15) is 6.73 Å². The lowest BCUT2D eigenvalue weighted by molar-refractivity contribution is 0.101. The third-order valence-corrected chi connectivity index (χ3v) is 3.38. The Hall–Kier alpha value is -2.94. The summed E-state index contributed by atoms with van der Waals surface area (Å²) in [6, 6.07) is 1.64. The zero-order valence-corrected chi connectivity index (χ0v) is 13.6. The quantitative estimate of drug-likeness (QED) is 0.703. The Morgan fingerprint density at radius 2 is 2.04 bits per heavy atom. The van der Waals surface area contributed by atoms with Crippen LogP contribution in [0.4, 0.5) is 5.69 Å². The number of rotatable bonds is 7. The number of carbonyl (C=O) groups is 1. The molecule has 3 aromatic heterocycles. The highest BCUT2D eigenvalue weighted by Crippen LogP contribution is 2.09. The van der Waals surface area contributed by atoms with Crippen LogP contribution in [0.1, 0.15) is 23.0 Å². The third kappa shape index (κ3) is 3.69. The number of hydrogen-bond acceptors (Lipinski definition) is 5. The van der Waals surface area contributed by atoms with Crippen LogP contribution < -0.4 is 5.32 Å². The summed E-state index contributed by atoms with van der Waals surface area (Å²) in [6.07, 6.45) is 8.85. The van der Waals surface area contributed by atoms with Crippen molar-refractivity contribution in [1.82, 2.24) is 29.3 Å². The second-order valence-corrected chi connectivity index (χ2v) is 5.24. The summed E-state index contributed by atoms with van der Waals surface area (Å²) >= 11 is 0. The molecule has 0 bridgehead atoms. The summed E-state index contributed by atoms with van der Waals surface area (Å²) < 4.78 is 10.1. The summed E-state index contributed by atoms with van der Waals surface area (Å²) in [5.74, 6) is -0.289. The van der Waals surface area contributed by atoms with Gasteiger partial charge in [-0.15, -0.1) is 0 Å². The van der Waals surface area contributed by atoms with Crippen LogP contribution in [0.3, 0.4) is 0 Å². The molecular weight excluding hydrogens is 310 g/mol. The Labute approximate surface area is 138 Å². The average Bonchev–Trinajstić information content (AvgIpc) is 3.29. The van der Waals surface area contributed by atoms with Crippen molar-refractivity contribution in [2.75, 3.05) is 12.4 Å². The molecule has 0 saturated carbocycles. The molecule has 0 radical (unpaired) electrons. The number of aromatic nitrogens is 6. The van der Waals surface area contributed by atoms with Crippen LogP contribution in [0.15, 0.2) is 37.1 Å². The van der Waals surface area contributed by atoms with E-state index in [2.05, 4.69) is 20.6 Å². The number of anilines is 1. The lowest BCUT2D eigenvalue weighted by atomic mass is 10.3. The first-order valence-electron chi connectivity index (χ1n) is 7.55. The molecule has 0 saturated heterocycles. The standard InChI is InChI=1S/C15H19N7O2/c1-3-20-8-12(6-16-20)9-22-10-13(7-17-22)18-15(23)14-4-5-21(19-14)11-24-2/h4-8,10H,3,9,11H2,1-2H3,(H,18,23). The molecule has 0 spiro atoms. The minimum atomic E-state index is -0.289. The predicted molar refractivity (Wildman–Crippen MR) is 86.4 cm³/mol. The SMILES string of the molecule is CCn1cc(Cn2cc(NC(=O)c3ccn(COC)n3)cn2)cn1. The van der Waals surface area contributed by atoms with Gasteiger partial charge in [-0.25, -0.2) is 4.68 Å². The Bertz CT molecular complexity index is 817. The van der Waals surface area contributed by atoms with Crippen molar-refractivity contribution in [2.24, 2.45) is 0 Å². The Morgan fingerprint density at radius 3 is 2.79 bits per heavy atom. The minimum Gasteiger partial charge on any atom is -0.362 e. The van der Waals surface area contributed by atoms with E-state index in [9.17, 15) is 4.79 Å². The molecule has 9 nitrogen and oxygen atoms in total. The highest BCUT2D eigenvalue weighted by atomic mass is 16.5. The summed E-state index contributed by atoms with van der Waals surface area (Å²) in [4.78, 5) is 12.2. The molecule has 0 aliphatic heterocycles. The molecule has 0 fully saturated rings. The molecule has 1 N–H and O–H groups in total. The predicted octanol–water partition coefficient (Wildman–Crippen LogP) is 1.20. The van der Waals surface area contributed by atoms with Crippen LogP contribution in [0.5, 0.6) is 0 Å². The largest absolute Gasteiger partial charge is 0.362 e. The molecule has 3 aromatic rings. The molecule has 9 heteroatoms. The van der Waals surface area contributed by atoms with Gasteiger partial charge >= 0.3 is 0 Å². The van der Waals surface area contributed by atoms with Crippen LogP contribution in [-0.4, -0.2) is 42.4 Å². The maximum atomic E-state index is 12.2. The van der Waals surface area contributed by atoms with Crippen LogP contribution in [0.2, 0.25) is 0 Å². The number of nitrogens with one attached hydrogen (secondary N) is 1. The molecule has 3 rings (SSSR count). The number of carbonyl (C=O) groups excluding carboxylic acids is 1. The molecule has 0 aliphatic rings. The number of amides is 1. The maximum Gasteiger partial charge on any atom is 0.276 e. The normalized spacial score (nSPS) is 10.9. The van der Waals surface area contributed by atoms with Crippen molar-refractivity contribution in [2.45, 2.75) is 26.7 Å². The fourth-order valence-electron chi connectivity index (χ4n) is 2.24. The fraction of sp³-hybridized carbons (Fsp3) is 0.333. The molecule has 0 atom stereocenters. The van der Waals surface area contributed by atoms with Crippen LogP contribution in [-0.2, 0) is 24.6 Å². The van der Waals surface area contributed by atoms with E-state index in [4.69, 9.17) is 4.74 Å². The van der Waals surface area contributed by atoms with Crippen LogP contribution >= 0.6 is 0 Å². The van der Waals surface area contributed by atoms with Crippen molar-refractivity contribution >= 4 is 11.6 Å². The monoisotopic (exact) mass is 329 g/mol. The summed E-state index contributed by atoms with van der Waals surface area (Å²) in [5, 5.41) is 15.4. The van der Waals surface area contributed by atoms with Gasteiger partial charge in [-0.1, -0.05) is 0 Å². The average molecular weight is 329 g/mol. The first kappa shape index (κ1) is 15.9. The number of nitrogens with zero attached hydrogens (tertiary/aromatic N) is 6. The molecule has 0 aliphatic carbocycles. The second kappa shape index (κ2) is 7.09. The van der Waals surface area contributed by atoms with Gasteiger partial charge in [0.25, 0.3) is 5.91 Å². The highest BCUT2D eigenvalue weighted by molar-refractivity contribution is 6.02. The molecule has 1 amide bonds. The van der Waals surface area contributed by atoms with Gasteiger partial charge in [0.05, 0.1) is 24.6 Å². The lowest BCUT2D eigenvalue weighted by Gasteiger charge is -2.00. The van der Waals surface area contributed by atoms with E-state index in [1.807, 2.05) is 24.0 Å². The Kier molecular flexibility index (Phi) is 4.71. The molecule has 3 heterocycles. The van der Waals surface area contributed by atoms with Gasteiger partial charge in [-0.2, -0.15) is 15.3 Å². The number of ether oxygens (including phenoxy) is 1. The fourth-order valence-corrected chi connectivity index (χ4v) is 2.24. The van der Waals surface area contributed by atoms with Crippen molar-refractivity contribution in [3.63, 3.8) is 0 Å². The molecule has 0 aromatic carbocycles. The zero-order chi connectivity index (χ0) is 16.9. The third-order valence-electron chi connectivity index (χ3n) is 3.38. The van der Waals surface area contributed by atoms with Crippen molar-refractivity contribution < 1.29 is 9.53 Å². The topological polar surface area (TPSA) is 91.8 Å². The van der Waals surface area contributed by atoms with Gasteiger partial charge < -0.3 is 10.1 Å². The van der Waals surface area contributed by atoms with Gasteiger partial charge in [0.15, 0.2) is 5.69 Å². The van der Waals surface area contributed by atoms with Gasteiger partial charge in [0.2, 0.25) is 0 Å². The van der Waals surface area contributed by atoms with Gasteiger partial charge in [0, 0.05) is 37.8 Å². The van der Waals surface area contributed by atoms with E-state index in [0.717, 1.165) is 12.1 Å². The Balaban J connectivity index is 1.61. The Morgan fingerprint density at radius 1 is 1.21 bits per heavy atom. The van der Waals surface area contributed by atoms with Gasteiger partial charge in [-0.05, 0) is 13.0 Å². The summed E-state index contributed by atoms with van der Waals surface area (Å²) in [5.41, 5.74) is 1.99. The van der Waals surface area contributed by atoms with Crippen LogP contribution in [0, 0.1) is 0 Å². The van der Waals surface area contributed by atoms with Crippen LogP contribution in [0.25, 0.3) is 0 Å². The van der Waals surface area contributed by atoms with Crippen molar-refractivity contribution in [1.29, 1.82) is 0 Å². The van der Waals surface area contributed by atoms with E-state index in [-0.39, 0.29) is 5.91 Å². The maximum absolute atomic E-state index is 12.2. The number of aryl methyl sites for hydroxylation is 1. The van der Waals surface area contributed by atoms with E-state index in [1.54, 1.807) is 41.1 Å². The van der Waals surface area contributed by atoms with E-state index >= 15 is 0 Å². The molecule has 0 unspecified atom stereocenters. The number of methoxy groups -OCH3 is 1. The minimum absolute atomic E-state index is 0.289. The summed E-state index contributed by atoms with van der Waals surface area (Å²) in [7, 11) is 1.57. The van der Waals surface area contributed by atoms with Gasteiger partial charge in [-0.3, -0.25) is 14.2 Å². The lowest BCUT2D eigenvalue weighted by Crippen LogP contribution is -2.13.